The molecular formula is C17H16O3. The largest absolute Gasteiger partial charge is 0.481 e. The van der Waals surface area contributed by atoms with Crippen LogP contribution >= 0.6 is 0 Å². The second-order valence-corrected chi connectivity index (χ2v) is 6.00. The number of carboxylic acid groups (broad SMARTS) is 1. The van der Waals surface area contributed by atoms with E-state index < -0.39 is 5.97 Å². The lowest BCUT2D eigenvalue weighted by atomic mass is 9.73. The molecule has 1 aliphatic carbocycles. The van der Waals surface area contributed by atoms with Crippen molar-refractivity contribution in [3.8, 4) is 0 Å². The first-order valence-corrected chi connectivity index (χ1v) is 7.00. The molecule has 3 nitrogen and oxygen atoms in total. The van der Waals surface area contributed by atoms with E-state index in [1.54, 1.807) is 0 Å². The Bertz CT molecular complexity index is 687. The van der Waals surface area contributed by atoms with Gasteiger partial charge in [0.1, 0.15) is 0 Å². The van der Waals surface area contributed by atoms with E-state index in [-0.39, 0.29) is 17.3 Å². The number of rotatable bonds is 3. The molecule has 20 heavy (non-hydrogen) atoms. The van der Waals surface area contributed by atoms with Gasteiger partial charge in [0.05, 0.1) is 19.1 Å². The second-order valence-electron chi connectivity index (χ2n) is 6.00. The van der Waals surface area contributed by atoms with Crippen LogP contribution < -0.4 is 0 Å². The molecule has 2 aliphatic rings. The van der Waals surface area contributed by atoms with Gasteiger partial charge in [0, 0.05) is 5.41 Å². The lowest BCUT2D eigenvalue weighted by Gasteiger charge is -2.43. The summed E-state index contributed by atoms with van der Waals surface area (Å²) >= 11 is 0. The van der Waals surface area contributed by atoms with Crippen molar-refractivity contribution in [1.82, 2.24) is 0 Å². The van der Waals surface area contributed by atoms with Crippen LogP contribution in [-0.4, -0.2) is 24.3 Å². The van der Waals surface area contributed by atoms with Crippen LogP contribution in [-0.2, 0) is 14.9 Å². The number of carboxylic acids is 1. The first-order valence-electron chi connectivity index (χ1n) is 7.00. The quantitative estimate of drug-likeness (QED) is 0.931. The maximum absolute atomic E-state index is 11.2. The van der Waals surface area contributed by atoms with Crippen LogP contribution in [0.3, 0.4) is 0 Å². The van der Waals surface area contributed by atoms with E-state index in [9.17, 15) is 9.90 Å². The zero-order chi connectivity index (χ0) is 13.7. The predicted octanol–water partition coefficient (Wildman–Crippen LogP) is 2.83. The molecule has 0 spiro atoms. The van der Waals surface area contributed by atoms with Gasteiger partial charge in [0.15, 0.2) is 0 Å². The summed E-state index contributed by atoms with van der Waals surface area (Å²) in [6.07, 6.45) is 0.783. The van der Waals surface area contributed by atoms with E-state index >= 15 is 0 Å². The minimum Gasteiger partial charge on any atom is -0.481 e. The average Bonchev–Trinajstić information content (AvgIpc) is 3.18. The molecule has 2 unspecified atom stereocenters. The predicted molar refractivity (Wildman–Crippen MR) is 75.7 cm³/mol. The number of carbonyl (C=O) groups is 1. The second kappa shape index (κ2) is 4.06. The number of hydrogen-bond acceptors (Lipinski definition) is 2. The van der Waals surface area contributed by atoms with Crippen molar-refractivity contribution in [2.45, 2.75) is 11.8 Å². The maximum Gasteiger partial charge on any atom is 0.306 e. The fourth-order valence-electron chi connectivity index (χ4n) is 3.49. The normalized spacial score (nSPS) is 27.0. The molecule has 1 saturated heterocycles. The molecule has 0 radical (unpaired) electrons. The molecule has 2 aromatic rings. The van der Waals surface area contributed by atoms with Gasteiger partial charge in [-0.3, -0.25) is 4.79 Å². The zero-order valence-electron chi connectivity index (χ0n) is 11.1. The smallest absolute Gasteiger partial charge is 0.306 e. The summed E-state index contributed by atoms with van der Waals surface area (Å²) in [6.45, 7) is 1.31. The first-order chi connectivity index (χ1) is 9.71. The van der Waals surface area contributed by atoms with E-state index in [4.69, 9.17) is 4.74 Å². The van der Waals surface area contributed by atoms with Gasteiger partial charge in [0.2, 0.25) is 0 Å². The Hall–Kier alpha value is -1.87. The molecule has 2 fully saturated rings. The monoisotopic (exact) mass is 268 g/mol. The van der Waals surface area contributed by atoms with E-state index in [0.29, 0.717) is 13.2 Å². The maximum atomic E-state index is 11.2. The fraction of sp³-hybridized carbons (Fsp3) is 0.353. The lowest BCUT2D eigenvalue weighted by Crippen LogP contribution is -2.49. The Morgan fingerprint density at radius 2 is 1.90 bits per heavy atom. The van der Waals surface area contributed by atoms with Crippen LogP contribution in [0.15, 0.2) is 42.5 Å². The molecule has 1 heterocycles. The highest BCUT2D eigenvalue weighted by atomic mass is 16.5. The van der Waals surface area contributed by atoms with Gasteiger partial charge in [-0.05, 0) is 28.7 Å². The SMILES string of the molecule is O=C(O)C1CC1C1(c2ccc3ccccc3c2)COC1. The summed E-state index contributed by atoms with van der Waals surface area (Å²) in [6, 6.07) is 14.7. The Kier molecular flexibility index (Phi) is 2.42. The van der Waals surface area contributed by atoms with Crippen LogP contribution in [0.2, 0.25) is 0 Å². The van der Waals surface area contributed by atoms with E-state index in [1.807, 2.05) is 12.1 Å². The topological polar surface area (TPSA) is 46.5 Å². The number of ether oxygens (including phenoxy) is 1. The molecule has 0 amide bonds. The van der Waals surface area contributed by atoms with Crippen molar-refractivity contribution in [3.05, 3.63) is 48.0 Å². The van der Waals surface area contributed by atoms with Crippen molar-refractivity contribution in [1.29, 1.82) is 0 Å². The molecule has 4 rings (SSSR count). The highest BCUT2D eigenvalue weighted by Gasteiger charge is 2.60. The van der Waals surface area contributed by atoms with Gasteiger partial charge >= 0.3 is 5.97 Å². The fourth-order valence-corrected chi connectivity index (χ4v) is 3.49. The zero-order valence-corrected chi connectivity index (χ0v) is 11.1. The Morgan fingerprint density at radius 3 is 2.50 bits per heavy atom. The van der Waals surface area contributed by atoms with E-state index in [0.717, 1.165) is 6.42 Å². The molecule has 1 aliphatic heterocycles. The van der Waals surface area contributed by atoms with Gasteiger partial charge in [-0.15, -0.1) is 0 Å². The van der Waals surface area contributed by atoms with Crippen LogP contribution in [0.25, 0.3) is 10.8 Å². The average molecular weight is 268 g/mol. The molecule has 1 saturated carbocycles. The summed E-state index contributed by atoms with van der Waals surface area (Å²) in [7, 11) is 0. The van der Waals surface area contributed by atoms with Crippen molar-refractivity contribution in [2.75, 3.05) is 13.2 Å². The molecule has 102 valence electrons. The van der Waals surface area contributed by atoms with Gasteiger partial charge in [-0.25, -0.2) is 0 Å². The summed E-state index contributed by atoms with van der Waals surface area (Å²) in [5, 5.41) is 11.6. The van der Waals surface area contributed by atoms with Crippen LogP contribution in [0.5, 0.6) is 0 Å². The first kappa shape index (κ1) is 11.9. The van der Waals surface area contributed by atoms with Gasteiger partial charge in [-0.2, -0.15) is 0 Å². The molecule has 3 heteroatoms. The highest BCUT2D eigenvalue weighted by molar-refractivity contribution is 5.83. The van der Waals surface area contributed by atoms with Crippen molar-refractivity contribution in [3.63, 3.8) is 0 Å². The molecule has 1 N–H and O–H groups in total. The lowest BCUT2D eigenvalue weighted by molar-refractivity contribution is -0.140. The van der Waals surface area contributed by atoms with Gasteiger partial charge in [-0.1, -0.05) is 42.5 Å². The molecular weight excluding hydrogens is 252 g/mol. The number of aliphatic carboxylic acids is 1. The Balaban J connectivity index is 1.75. The third-order valence-electron chi connectivity index (χ3n) is 4.86. The molecule has 0 aromatic heterocycles. The van der Waals surface area contributed by atoms with Crippen molar-refractivity contribution < 1.29 is 14.6 Å². The summed E-state index contributed by atoms with van der Waals surface area (Å²) in [5.74, 6) is -0.623. The van der Waals surface area contributed by atoms with E-state index in [2.05, 4.69) is 30.3 Å². The molecule has 2 aromatic carbocycles. The highest BCUT2D eigenvalue weighted by Crippen LogP contribution is 2.56. The third-order valence-corrected chi connectivity index (χ3v) is 4.86. The van der Waals surface area contributed by atoms with Gasteiger partial charge in [0.25, 0.3) is 0 Å². The third kappa shape index (κ3) is 1.59. The molecule has 2 atom stereocenters. The number of benzene rings is 2. The number of fused-ring (bicyclic) bond motifs is 1. The van der Waals surface area contributed by atoms with Crippen LogP contribution in [0, 0.1) is 11.8 Å². The minimum atomic E-state index is -0.665. The molecule has 0 bridgehead atoms. The van der Waals surface area contributed by atoms with Gasteiger partial charge < -0.3 is 9.84 Å². The van der Waals surface area contributed by atoms with Crippen molar-refractivity contribution in [2.24, 2.45) is 11.8 Å². The summed E-state index contributed by atoms with van der Waals surface area (Å²) in [4.78, 5) is 11.2. The van der Waals surface area contributed by atoms with Crippen LogP contribution in [0.4, 0.5) is 0 Å². The van der Waals surface area contributed by atoms with Crippen molar-refractivity contribution >= 4 is 16.7 Å². The minimum absolute atomic E-state index is 0.0763. The van der Waals surface area contributed by atoms with Crippen LogP contribution in [0.1, 0.15) is 12.0 Å². The standard InChI is InChI=1S/C17H16O3/c18-16(19)14-8-15(14)17(9-20-10-17)13-6-5-11-3-1-2-4-12(11)7-13/h1-7,14-15H,8-10H2,(H,18,19). The Morgan fingerprint density at radius 1 is 1.15 bits per heavy atom. The summed E-state index contributed by atoms with van der Waals surface area (Å²) < 4.78 is 5.44. The van der Waals surface area contributed by atoms with E-state index in [1.165, 1.54) is 16.3 Å². The summed E-state index contributed by atoms with van der Waals surface area (Å²) in [5.41, 5.74) is 1.16. The number of hydrogen-bond donors (Lipinski definition) is 1. The Labute approximate surface area is 117 Å².